The summed E-state index contributed by atoms with van der Waals surface area (Å²) in [4.78, 5) is 27.3. The van der Waals surface area contributed by atoms with Gasteiger partial charge in [-0.3, -0.25) is 4.90 Å². The summed E-state index contributed by atoms with van der Waals surface area (Å²) in [7, 11) is 0. The van der Waals surface area contributed by atoms with Crippen LogP contribution in [0.5, 0.6) is 0 Å². The maximum atomic E-state index is 12.6. The van der Waals surface area contributed by atoms with Crippen molar-refractivity contribution < 1.29 is 9.59 Å². The van der Waals surface area contributed by atoms with Crippen molar-refractivity contribution in [1.29, 1.82) is 0 Å². The number of urea groups is 2. The molecule has 1 fully saturated rings. The van der Waals surface area contributed by atoms with Crippen LogP contribution in [-0.4, -0.2) is 36.1 Å². The number of hydrogen-bond acceptors (Lipinski definition) is 3. The van der Waals surface area contributed by atoms with E-state index in [2.05, 4.69) is 50.4 Å². The van der Waals surface area contributed by atoms with Crippen LogP contribution in [0.1, 0.15) is 24.0 Å². The Bertz CT molecular complexity index is 1100. The standard InChI is InChI=1S/C27H31N5O2/c1-20-12-13-24(30-26(33)28-22-10-6-3-7-11-22)18-25(20)31-27(34)29-23-14-16-32(17-15-23)19-21-8-4-2-5-9-21/h2-13,18,23H,14-17,19H2,1H3,(H2,28,30,33)(H2,29,31,34). The molecular formula is C27H31N5O2. The number of aryl methyl sites for hydroxylation is 1. The molecule has 4 rings (SSSR count). The molecule has 1 aliphatic rings. The predicted molar refractivity (Wildman–Crippen MR) is 137 cm³/mol. The third-order valence-corrected chi connectivity index (χ3v) is 5.95. The fourth-order valence-electron chi connectivity index (χ4n) is 4.07. The number of carbonyl (C=O) groups excluding carboxylic acids is 2. The fourth-order valence-corrected chi connectivity index (χ4v) is 4.07. The maximum Gasteiger partial charge on any atom is 0.323 e. The molecule has 3 aromatic rings. The molecule has 1 saturated heterocycles. The van der Waals surface area contributed by atoms with Crippen LogP contribution in [0.3, 0.4) is 0 Å². The number of nitrogens with zero attached hydrogens (tertiary/aromatic N) is 1. The van der Waals surface area contributed by atoms with Crippen molar-refractivity contribution in [2.75, 3.05) is 29.0 Å². The van der Waals surface area contributed by atoms with Crippen molar-refractivity contribution in [2.45, 2.75) is 32.4 Å². The highest BCUT2D eigenvalue weighted by Gasteiger charge is 2.21. The minimum Gasteiger partial charge on any atom is -0.335 e. The van der Waals surface area contributed by atoms with E-state index < -0.39 is 0 Å². The van der Waals surface area contributed by atoms with Crippen LogP contribution in [0, 0.1) is 6.92 Å². The number of hydrogen-bond donors (Lipinski definition) is 4. The summed E-state index contributed by atoms with van der Waals surface area (Å²) in [6.07, 6.45) is 1.83. The average Bonchev–Trinajstić information content (AvgIpc) is 2.84. The van der Waals surface area contributed by atoms with Gasteiger partial charge in [-0.05, 0) is 55.2 Å². The molecule has 0 spiro atoms. The second-order valence-electron chi connectivity index (χ2n) is 8.61. The van der Waals surface area contributed by atoms with E-state index in [0.717, 1.165) is 38.0 Å². The smallest absolute Gasteiger partial charge is 0.323 e. The molecule has 0 atom stereocenters. The lowest BCUT2D eigenvalue weighted by molar-refractivity contribution is 0.190. The number of amides is 4. The van der Waals surface area contributed by atoms with E-state index in [1.165, 1.54) is 5.56 Å². The molecule has 34 heavy (non-hydrogen) atoms. The Morgan fingerprint density at radius 1 is 0.794 bits per heavy atom. The van der Waals surface area contributed by atoms with E-state index in [-0.39, 0.29) is 18.1 Å². The summed E-state index contributed by atoms with van der Waals surface area (Å²) in [5, 5.41) is 11.6. The van der Waals surface area contributed by atoms with Crippen molar-refractivity contribution in [3.8, 4) is 0 Å². The summed E-state index contributed by atoms with van der Waals surface area (Å²) in [6.45, 7) is 4.77. The summed E-state index contributed by atoms with van der Waals surface area (Å²) in [6, 6.07) is 24.7. The number of likely N-dealkylation sites (tertiary alicyclic amines) is 1. The first-order valence-corrected chi connectivity index (χ1v) is 11.6. The van der Waals surface area contributed by atoms with Crippen LogP contribution in [0.25, 0.3) is 0 Å². The molecule has 4 N–H and O–H groups in total. The first-order valence-electron chi connectivity index (χ1n) is 11.6. The van der Waals surface area contributed by atoms with Crippen LogP contribution in [-0.2, 0) is 6.54 Å². The zero-order valence-corrected chi connectivity index (χ0v) is 19.4. The lowest BCUT2D eigenvalue weighted by atomic mass is 10.0. The van der Waals surface area contributed by atoms with Gasteiger partial charge in [0.2, 0.25) is 0 Å². The van der Waals surface area contributed by atoms with Gasteiger partial charge in [0.25, 0.3) is 0 Å². The van der Waals surface area contributed by atoms with Crippen molar-refractivity contribution in [1.82, 2.24) is 10.2 Å². The Morgan fingerprint density at radius 2 is 1.44 bits per heavy atom. The van der Waals surface area contributed by atoms with Gasteiger partial charge in [-0.2, -0.15) is 0 Å². The maximum absolute atomic E-state index is 12.6. The van der Waals surface area contributed by atoms with Gasteiger partial charge in [0.05, 0.1) is 0 Å². The number of nitrogens with one attached hydrogen (secondary N) is 4. The van der Waals surface area contributed by atoms with Gasteiger partial charge >= 0.3 is 12.1 Å². The van der Waals surface area contributed by atoms with E-state index in [1.807, 2.05) is 55.5 Å². The van der Waals surface area contributed by atoms with Gasteiger partial charge in [0.1, 0.15) is 0 Å². The van der Waals surface area contributed by atoms with Crippen molar-refractivity contribution in [3.63, 3.8) is 0 Å². The fraction of sp³-hybridized carbons (Fsp3) is 0.259. The summed E-state index contributed by atoms with van der Waals surface area (Å²) in [5.41, 5.74) is 4.20. The van der Waals surface area contributed by atoms with Crippen LogP contribution in [0.4, 0.5) is 26.7 Å². The summed E-state index contributed by atoms with van der Waals surface area (Å²) >= 11 is 0. The molecule has 0 aromatic heterocycles. The highest BCUT2D eigenvalue weighted by molar-refractivity contribution is 6.00. The third kappa shape index (κ3) is 6.83. The van der Waals surface area contributed by atoms with Crippen LogP contribution < -0.4 is 21.3 Å². The molecule has 0 aliphatic carbocycles. The quantitative estimate of drug-likeness (QED) is 0.398. The van der Waals surface area contributed by atoms with E-state index in [0.29, 0.717) is 17.1 Å². The molecule has 1 heterocycles. The average molecular weight is 458 g/mol. The van der Waals surface area contributed by atoms with Crippen LogP contribution in [0.2, 0.25) is 0 Å². The summed E-state index contributed by atoms with van der Waals surface area (Å²) in [5.74, 6) is 0. The molecule has 7 nitrogen and oxygen atoms in total. The Labute approximate surface area is 200 Å². The lowest BCUT2D eigenvalue weighted by Crippen LogP contribution is -2.45. The summed E-state index contributed by atoms with van der Waals surface area (Å²) < 4.78 is 0. The third-order valence-electron chi connectivity index (χ3n) is 5.95. The highest BCUT2D eigenvalue weighted by Crippen LogP contribution is 2.21. The second-order valence-corrected chi connectivity index (χ2v) is 8.61. The lowest BCUT2D eigenvalue weighted by Gasteiger charge is -2.32. The molecule has 0 bridgehead atoms. The molecule has 3 aromatic carbocycles. The minimum absolute atomic E-state index is 0.144. The second kappa shape index (κ2) is 11.3. The topological polar surface area (TPSA) is 85.5 Å². The first kappa shape index (κ1) is 23.3. The Kier molecular flexibility index (Phi) is 7.78. The largest absolute Gasteiger partial charge is 0.335 e. The Hall–Kier alpha value is -3.84. The molecule has 1 aliphatic heterocycles. The molecule has 176 valence electrons. The van der Waals surface area contributed by atoms with Crippen molar-refractivity contribution >= 4 is 29.1 Å². The predicted octanol–water partition coefficient (Wildman–Crippen LogP) is 5.43. The Morgan fingerprint density at radius 3 is 2.15 bits per heavy atom. The molecule has 0 unspecified atom stereocenters. The molecule has 0 radical (unpaired) electrons. The number of piperidine rings is 1. The zero-order chi connectivity index (χ0) is 23.8. The first-order chi connectivity index (χ1) is 16.5. The minimum atomic E-state index is -0.340. The SMILES string of the molecule is Cc1ccc(NC(=O)Nc2ccccc2)cc1NC(=O)NC1CCN(Cc2ccccc2)CC1. The molecular weight excluding hydrogens is 426 g/mol. The number of carbonyl (C=O) groups is 2. The monoisotopic (exact) mass is 457 g/mol. The van der Waals surface area contributed by atoms with Crippen LogP contribution in [0.15, 0.2) is 78.9 Å². The number of anilines is 3. The number of rotatable bonds is 6. The Balaban J connectivity index is 1.25. The molecule has 7 heteroatoms. The normalized spacial score (nSPS) is 14.3. The highest BCUT2D eigenvalue weighted by atomic mass is 16.2. The van der Waals surface area contributed by atoms with Gasteiger partial charge in [-0.25, -0.2) is 9.59 Å². The van der Waals surface area contributed by atoms with Crippen molar-refractivity contribution in [2.24, 2.45) is 0 Å². The zero-order valence-electron chi connectivity index (χ0n) is 19.4. The van der Waals surface area contributed by atoms with E-state index in [4.69, 9.17) is 0 Å². The van der Waals surface area contributed by atoms with Gasteiger partial charge in [-0.15, -0.1) is 0 Å². The van der Waals surface area contributed by atoms with E-state index in [9.17, 15) is 9.59 Å². The van der Waals surface area contributed by atoms with E-state index >= 15 is 0 Å². The van der Waals surface area contributed by atoms with Crippen molar-refractivity contribution in [3.05, 3.63) is 90.0 Å². The molecule has 0 saturated carbocycles. The van der Waals surface area contributed by atoms with Gasteiger partial charge in [0.15, 0.2) is 0 Å². The number of benzene rings is 3. The van der Waals surface area contributed by atoms with Gasteiger partial charge < -0.3 is 21.3 Å². The van der Waals surface area contributed by atoms with Crippen LogP contribution >= 0.6 is 0 Å². The van der Waals surface area contributed by atoms with Gasteiger partial charge in [0, 0.05) is 42.7 Å². The van der Waals surface area contributed by atoms with E-state index in [1.54, 1.807) is 6.07 Å². The number of para-hydroxylation sites is 1. The van der Waals surface area contributed by atoms with Gasteiger partial charge in [-0.1, -0.05) is 54.6 Å². The molecule has 4 amide bonds.